The van der Waals surface area contributed by atoms with Crippen molar-refractivity contribution in [3.63, 3.8) is 0 Å². The van der Waals surface area contributed by atoms with Crippen LogP contribution in [0.4, 0.5) is 0 Å². The van der Waals surface area contributed by atoms with Gasteiger partial charge in [0.05, 0.1) is 11.6 Å². The van der Waals surface area contributed by atoms with Crippen LogP contribution >= 0.6 is 11.6 Å². The molecule has 1 rings (SSSR count). The highest BCUT2D eigenvalue weighted by molar-refractivity contribution is 6.32. The number of allylic oxidation sites excluding steroid dienone is 1. The molecule has 0 fully saturated rings. The van der Waals surface area contributed by atoms with Gasteiger partial charge in [0.15, 0.2) is 0 Å². The molecular weight excluding hydrogens is 258 g/mol. The maximum atomic E-state index is 6.21. The first-order valence-electron chi connectivity index (χ1n) is 6.86. The minimum Gasteiger partial charge on any atom is -0.492 e. The Bertz CT molecular complexity index is 390. The summed E-state index contributed by atoms with van der Waals surface area (Å²) in [5.74, 6) is 1.42. The van der Waals surface area contributed by atoms with Crippen LogP contribution in [0.1, 0.15) is 32.3 Å². The standard InChI is InChI=1S/C16H24ClNO/c1-4-5-6-9-19-16-8-7-14(10-15(16)17)12-18-11-13(2)3/h4,7-8,10,13,18H,1,5-6,9,11-12H2,2-3H3. The number of hydrogen-bond acceptors (Lipinski definition) is 2. The monoisotopic (exact) mass is 281 g/mol. The first-order chi connectivity index (χ1) is 9.13. The summed E-state index contributed by atoms with van der Waals surface area (Å²) < 4.78 is 5.64. The first kappa shape index (κ1) is 16.1. The van der Waals surface area contributed by atoms with Gasteiger partial charge in [0, 0.05) is 6.54 Å². The molecule has 0 spiro atoms. The largest absolute Gasteiger partial charge is 0.492 e. The van der Waals surface area contributed by atoms with E-state index < -0.39 is 0 Å². The van der Waals surface area contributed by atoms with Crippen LogP contribution < -0.4 is 10.1 Å². The SMILES string of the molecule is C=CCCCOc1ccc(CNCC(C)C)cc1Cl. The molecule has 0 radical (unpaired) electrons. The molecule has 0 aliphatic heterocycles. The van der Waals surface area contributed by atoms with Crippen molar-refractivity contribution in [1.82, 2.24) is 5.32 Å². The molecule has 106 valence electrons. The molecule has 1 N–H and O–H groups in total. The quantitative estimate of drug-likeness (QED) is 0.534. The zero-order valence-corrected chi connectivity index (χ0v) is 12.7. The lowest BCUT2D eigenvalue weighted by atomic mass is 10.2. The molecule has 0 saturated heterocycles. The molecule has 0 unspecified atom stereocenters. The summed E-state index contributed by atoms with van der Waals surface area (Å²) in [4.78, 5) is 0. The van der Waals surface area contributed by atoms with Crippen LogP contribution in [0.5, 0.6) is 5.75 Å². The molecule has 0 aliphatic carbocycles. The van der Waals surface area contributed by atoms with E-state index >= 15 is 0 Å². The van der Waals surface area contributed by atoms with Crippen LogP contribution in [0.3, 0.4) is 0 Å². The molecular formula is C16H24ClNO. The van der Waals surface area contributed by atoms with E-state index in [0.717, 1.165) is 31.7 Å². The third-order valence-corrected chi connectivity index (χ3v) is 2.98. The summed E-state index contributed by atoms with van der Waals surface area (Å²) in [7, 11) is 0. The fourth-order valence-corrected chi connectivity index (χ4v) is 1.94. The number of benzene rings is 1. The highest BCUT2D eigenvalue weighted by atomic mass is 35.5. The van der Waals surface area contributed by atoms with Gasteiger partial charge in [-0.2, -0.15) is 0 Å². The second-order valence-electron chi connectivity index (χ2n) is 5.07. The number of rotatable bonds is 9. The molecule has 0 aliphatic rings. The van der Waals surface area contributed by atoms with Gasteiger partial charge in [0.1, 0.15) is 5.75 Å². The Morgan fingerprint density at radius 2 is 2.21 bits per heavy atom. The number of hydrogen-bond donors (Lipinski definition) is 1. The van der Waals surface area contributed by atoms with Gasteiger partial charge in [0.2, 0.25) is 0 Å². The third kappa shape index (κ3) is 6.65. The zero-order chi connectivity index (χ0) is 14.1. The van der Waals surface area contributed by atoms with E-state index in [1.165, 1.54) is 5.56 Å². The summed E-state index contributed by atoms with van der Waals surface area (Å²) in [5, 5.41) is 4.08. The Morgan fingerprint density at radius 3 is 2.84 bits per heavy atom. The Hall–Kier alpha value is -0.990. The summed E-state index contributed by atoms with van der Waals surface area (Å²) in [6.45, 7) is 10.6. The lowest BCUT2D eigenvalue weighted by molar-refractivity contribution is 0.312. The molecule has 0 atom stereocenters. The molecule has 0 saturated carbocycles. The number of halogens is 1. The molecule has 2 nitrogen and oxygen atoms in total. The second-order valence-corrected chi connectivity index (χ2v) is 5.48. The molecule has 0 bridgehead atoms. The molecule has 1 aromatic rings. The second kappa shape index (κ2) is 9.00. The van der Waals surface area contributed by atoms with Crippen LogP contribution in [0.25, 0.3) is 0 Å². The van der Waals surface area contributed by atoms with Crippen LogP contribution in [-0.2, 0) is 6.54 Å². The highest BCUT2D eigenvalue weighted by Gasteiger charge is 2.03. The third-order valence-electron chi connectivity index (χ3n) is 2.69. The van der Waals surface area contributed by atoms with Crippen LogP contribution in [0.15, 0.2) is 30.9 Å². The van der Waals surface area contributed by atoms with Gasteiger partial charge in [-0.25, -0.2) is 0 Å². The van der Waals surface area contributed by atoms with E-state index in [2.05, 4.69) is 31.8 Å². The van der Waals surface area contributed by atoms with Gasteiger partial charge in [0.25, 0.3) is 0 Å². The van der Waals surface area contributed by atoms with E-state index in [9.17, 15) is 0 Å². The van der Waals surface area contributed by atoms with Gasteiger partial charge < -0.3 is 10.1 Å². The van der Waals surface area contributed by atoms with Gasteiger partial charge >= 0.3 is 0 Å². The first-order valence-corrected chi connectivity index (χ1v) is 7.24. The van der Waals surface area contributed by atoms with Crippen LogP contribution in [0.2, 0.25) is 5.02 Å². The van der Waals surface area contributed by atoms with Gasteiger partial charge in [-0.05, 0) is 43.0 Å². The Morgan fingerprint density at radius 1 is 1.42 bits per heavy atom. The molecule has 0 heterocycles. The van der Waals surface area contributed by atoms with Gasteiger partial charge in [-0.1, -0.05) is 37.6 Å². The van der Waals surface area contributed by atoms with Crippen molar-refractivity contribution in [2.75, 3.05) is 13.2 Å². The lowest BCUT2D eigenvalue weighted by Crippen LogP contribution is -2.18. The predicted molar refractivity (Wildman–Crippen MR) is 82.9 cm³/mol. The normalized spacial score (nSPS) is 10.7. The molecule has 1 aromatic carbocycles. The molecule has 0 amide bonds. The van der Waals surface area contributed by atoms with Crippen molar-refractivity contribution in [3.8, 4) is 5.75 Å². The smallest absolute Gasteiger partial charge is 0.137 e. The Kier molecular flexibility index (Phi) is 7.61. The van der Waals surface area contributed by atoms with Crippen molar-refractivity contribution < 1.29 is 4.74 Å². The maximum absolute atomic E-state index is 6.21. The van der Waals surface area contributed by atoms with Crippen LogP contribution in [-0.4, -0.2) is 13.2 Å². The molecule has 3 heteroatoms. The lowest BCUT2D eigenvalue weighted by Gasteiger charge is -2.10. The highest BCUT2D eigenvalue weighted by Crippen LogP contribution is 2.25. The summed E-state index contributed by atoms with van der Waals surface area (Å²) in [6.07, 6.45) is 3.83. The molecule has 19 heavy (non-hydrogen) atoms. The average molecular weight is 282 g/mol. The van der Waals surface area contributed by atoms with E-state index in [-0.39, 0.29) is 0 Å². The van der Waals surface area contributed by atoms with E-state index in [4.69, 9.17) is 16.3 Å². The van der Waals surface area contributed by atoms with Crippen molar-refractivity contribution in [1.29, 1.82) is 0 Å². The van der Waals surface area contributed by atoms with E-state index in [1.807, 2.05) is 18.2 Å². The van der Waals surface area contributed by atoms with Crippen LogP contribution in [0, 0.1) is 5.92 Å². The van der Waals surface area contributed by atoms with Crippen molar-refractivity contribution in [2.45, 2.75) is 33.2 Å². The van der Waals surface area contributed by atoms with Crippen molar-refractivity contribution >= 4 is 11.6 Å². The Balaban J connectivity index is 2.42. The average Bonchev–Trinajstić information content (AvgIpc) is 2.36. The fraction of sp³-hybridized carbons (Fsp3) is 0.500. The molecule has 0 aromatic heterocycles. The summed E-state index contributed by atoms with van der Waals surface area (Å²) >= 11 is 6.21. The Labute approximate surface area is 121 Å². The predicted octanol–water partition coefficient (Wildman–Crippen LogP) is 4.43. The van der Waals surface area contributed by atoms with Gasteiger partial charge in [-0.15, -0.1) is 6.58 Å². The topological polar surface area (TPSA) is 21.3 Å². The summed E-state index contributed by atoms with van der Waals surface area (Å²) in [6, 6.07) is 5.97. The fourth-order valence-electron chi connectivity index (χ4n) is 1.69. The zero-order valence-electron chi connectivity index (χ0n) is 11.9. The minimum atomic E-state index is 0.655. The minimum absolute atomic E-state index is 0.655. The maximum Gasteiger partial charge on any atom is 0.137 e. The summed E-state index contributed by atoms with van der Waals surface area (Å²) in [5.41, 5.74) is 1.18. The number of unbranched alkanes of at least 4 members (excludes halogenated alkanes) is 1. The van der Waals surface area contributed by atoms with Gasteiger partial charge in [-0.3, -0.25) is 0 Å². The van der Waals surface area contributed by atoms with E-state index in [0.29, 0.717) is 17.5 Å². The van der Waals surface area contributed by atoms with Crippen molar-refractivity contribution in [3.05, 3.63) is 41.4 Å². The number of ether oxygens (including phenoxy) is 1. The van der Waals surface area contributed by atoms with Crippen molar-refractivity contribution in [2.24, 2.45) is 5.92 Å². The number of nitrogens with one attached hydrogen (secondary N) is 1. The van der Waals surface area contributed by atoms with E-state index in [1.54, 1.807) is 0 Å².